The van der Waals surface area contributed by atoms with E-state index in [4.69, 9.17) is 14.2 Å². The van der Waals surface area contributed by atoms with Gasteiger partial charge in [-0.05, 0) is 25.1 Å². The Kier molecular flexibility index (Phi) is 6.08. The highest BCUT2D eigenvalue weighted by atomic mass is 16.5. The highest BCUT2D eigenvalue weighted by Crippen LogP contribution is 2.32. The van der Waals surface area contributed by atoms with Crippen molar-refractivity contribution in [2.45, 2.75) is 12.5 Å². The quantitative estimate of drug-likeness (QED) is 0.693. The van der Waals surface area contributed by atoms with Crippen LogP contribution in [0, 0.1) is 0 Å². The minimum Gasteiger partial charge on any atom is -0.497 e. The predicted octanol–water partition coefficient (Wildman–Crippen LogP) is 1.15. The van der Waals surface area contributed by atoms with Gasteiger partial charge < -0.3 is 24.6 Å². The van der Waals surface area contributed by atoms with Crippen molar-refractivity contribution >= 4 is 0 Å². The average Bonchev–Trinajstić information content (AvgIpc) is 2.43. The molecule has 0 spiro atoms. The molecule has 0 aliphatic rings. The summed E-state index contributed by atoms with van der Waals surface area (Å²) >= 11 is 0. The molecule has 108 valence electrons. The normalized spacial score (nSPS) is 13.9. The van der Waals surface area contributed by atoms with E-state index in [0.717, 1.165) is 0 Å². The van der Waals surface area contributed by atoms with Crippen LogP contribution in [-0.4, -0.2) is 46.1 Å². The third kappa shape index (κ3) is 4.38. The van der Waals surface area contributed by atoms with Crippen LogP contribution in [0.2, 0.25) is 0 Å². The summed E-state index contributed by atoms with van der Waals surface area (Å²) in [6.45, 7) is 3.42. The standard InChI is InChI=1S/C14H23NO4/c1-14(16,10-15-7-8-17-2)12-9-11(18-3)5-6-13(12)19-4/h5-6,9,15-16H,7-8,10H2,1-4H3. The summed E-state index contributed by atoms with van der Waals surface area (Å²) in [5.74, 6) is 1.33. The van der Waals surface area contributed by atoms with Crippen LogP contribution in [0.25, 0.3) is 0 Å². The maximum Gasteiger partial charge on any atom is 0.125 e. The molecular weight excluding hydrogens is 246 g/mol. The first-order valence-electron chi connectivity index (χ1n) is 6.19. The van der Waals surface area contributed by atoms with Gasteiger partial charge in [-0.3, -0.25) is 0 Å². The minimum atomic E-state index is -1.05. The van der Waals surface area contributed by atoms with Crippen LogP contribution >= 0.6 is 0 Å². The first kappa shape index (κ1) is 15.8. The van der Waals surface area contributed by atoms with Crippen molar-refractivity contribution in [3.63, 3.8) is 0 Å². The van der Waals surface area contributed by atoms with Crippen molar-refractivity contribution in [3.8, 4) is 11.5 Å². The zero-order valence-corrected chi connectivity index (χ0v) is 12.0. The predicted molar refractivity (Wildman–Crippen MR) is 73.9 cm³/mol. The van der Waals surface area contributed by atoms with Gasteiger partial charge in [0, 0.05) is 25.8 Å². The van der Waals surface area contributed by atoms with Crippen molar-refractivity contribution in [2.75, 3.05) is 41.0 Å². The van der Waals surface area contributed by atoms with Crippen LogP contribution in [0.5, 0.6) is 11.5 Å². The van der Waals surface area contributed by atoms with Crippen molar-refractivity contribution in [3.05, 3.63) is 23.8 Å². The Morgan fingerprint density at radius 2 is 1.95 bits per heavy atom. The highest BCUT2D eigenvalue weighted by molar-refractivity contribution is 5.43. The zero-order valence-electron chi connectivity index (χ0n) is 12.0. The molecule has 1 aromatic rings. The van der Waals surface area contributed by atoms with Crippen molar-refractivity contribution in [1.82, 2.24) is 5.32 Å². The Morgan fingerprint density at radius 1 is 1.21 bits per heavy atom. The Hall–Kier alpha value is -1.30. The lowest BCUT2D eigenvalue weighted by atomic mass is 9.94. The van der Waals surface area contributed by atoms with E-state index in [9.17, 15) is 5.11 Å². The second kappa shape index (κ2) is 7.33. The van der Waals surface area contributed by atoms with Gasteiger partial charge in [-0.25, -0.2) is 0 Å². The third-order valence-corrected chi connectivity index (χ3v) is 2.94. The topological polar surface area (TPSA) is 60.0 Å². The molecule has 0 saturated carbocycles. The minimum absolute atomic E-state index is 0.403. The molecule has 1 rings (SSSR count). The molecule has 0 aromatic heterocycles. The fraction of sp³-hybridized carbons (Fsp3) is 0.571. The summed E-state index contributed by atoms with van der Waals surface area (Å²) in [4.78, 5) is 0. The average molecular weight is 269 g/mol. The molecule has 0 saturated heterocycles. The maximum absolute atomic E-state index is 10.6. The van der Waals surface area contributed by atoms with Gasteiger partial charge in [0.05, 0.1) is 20.8 Å². The van der Waals surface area contributed by atoms with Gasteiger partial charge in [0.25, 0.3) is 0 Å². The lowest BCUT2D eigenvalue weighted by Gasteiger charge is -2.26. The van der Waals surface area contributed by atoms with Gasteiger partial charge >= 0.3 is 0 Å². The highest BCUT2D eigenvalue weighted by Gasteiger charge is 2.27. The van der Waals surface area contributed by atoms with E-state index in [1.807, 2.05) is 0 Å². The van der Waals surface area contributed by atoms with Crippen LogP contribution in [-0.2, 0) is 10.3 Å². The number of hydrogen-bond acceptors (Lipinski definition) is 5. The molecule has 1 aromatic carbocycles. The van der Waals surface area contributed by atoms with E-state index in [2.05, 4.69) is 5.32 Å². The molecule has 1 unspecified atom stereocenters. The number of aliphatic hydroxyl groups is 1. The second-order valence-electron chi connectivity index (χ2n) is 4.51. The van der Waals surface area contributed by atoms with Gasteiger partial charge in [0.15, 0.2) is 0 Å². The first-order chi connectivity index (χ1) is 9.05. The number of nitrogens with one attached hydrogen (secondary N) is 1. The van der Waals surface area contributed by atoms with Crippen LogP contribution in [0.15, 0.2) is 18.2 Å². The fourth-order valence-corrected chi connectivity index (χ4v) is 1.84. The smallest absolute Gasteiger partial charge is 0.125 e. The fourth-order valence-electron chi connectivity index (χ4n) is 1.84. The molecular formula is C14H23NO4. The number of hydrogen-bond donors (Lipinski definition) is 2. The number of benzene rings is 1. The Morgan fingerprint density at radius 3 is 2.53 bits per heavy atom. The molecule has 5 nitrogen and oxygen atoms in total. The maximum atomic E-state index is 10.6. The lowest BCUT2D eigenvalue weighted by Crippen LogP contribution is -2.37. The summed E-state index contributed by atoms with van der Waals surface area (Å²) in [6, 6.07) is 5.38. The zero-order chi connectivity index (χ0) is 14.3. The van der Waals surface area contributed by atoms with Crippen LogP contribution in [0.1, 0.15) is 12.5 Å². The molecule has 2 N–H and O–H groups in total. The lowest BCUT2D eigenvalue weighted by molar-refractivity contribution is 0.0522. The summed E-state index contributed by atoms with van der Waals surface area (Å²) in [5.41, 5.74) is -0.354. The monoisotopic (exact) mass is 269 g/mol. The molecule has 0 bridgehead atoms. The largest absolute Gasteiger partial charge is 0.497 e. The number of methoxy groups -OCH3 is 3. The number of ether oxygens (including phenoxy) is 3. The van der Waals surface area contributed by atoms with E-state index < -0.39 is 5.60 Å². The molecule has 1 atom stereocenters. The van der Waals surface area contributed by atoms with Crippen LogP contribution < -0.4 is 14.8 Å². The van der Waals surface area contributed by atoms with Gasteiger partial charge in [-0.2, -0.15) is 0 Å². The Bertz CT molecular complexity index is 393. The third-order valence-electron chi connectivity index (χ3n) is 2.94. The van der Waals surface area contributed by atoms with E-state index in [1.165, 1.54) is 0 Å². The van der Waals surface area contributed by atoms with E-state index in [1.54, 1.807) is 46.5 Å². The van der Waals surface area contributed by atoms with Crippen molar-refractivity contribution in [2.24, 2.45) is 0 Å². The van der Waals surface area contributed by atoms with Crippen LogP contribution in [0.3, 0.4) is 0 Å². The summed E-state index contributed by atoms with van der Waals surface area (Å²) in [6.07, 6.45) is 0. The molecule has 0 aliphatic heterocycles. The summed E-state index contributed by atoms with van der Waals surface area (Å²) < 4.78 is 15.4. The number of rotatable bonds is 8. The molecule has 0 radical (unpaired) electrons. The first-order valence-corrected chi connectivity index (χ1v) is 6.19. The van der Waals surface area contributed by atoms with E-state index in [-0.39, 0.29) is 0 Å². The molecule has 0 amide bonds. The molecule has 0 heterocycles. The van der Waals surface area contributed by atoms with Crippen molar-refractivity contribution in [1.29, 1.82) is 0 Å². The molecule has 19 heavy (non-hydrogen) atoms. The van der Waals surface area contributed by atoms with E-state index in [0.29, 0.717) is 36.8 Å². The van der Waals surface area contributed by atoms with Gasteiger partial charge in [-0.15, -0.1) is 0 Å². The molecule has 0 fully saturated rings. The second-order valence-corrected chi connectivity index (χ2v) is 4.51. The summed E-state index contributed by atoms with van der Waals surface area (Å²) in [5, 5.41) is 13.7. The van der Waals surface area contributed by atoms with E-state index >= 15 is 0 Å². The summed E-state index contributed by atoms with van der Waals surface area (Å²) in [7, 11) is 4.82. The van der Waals surface area contributed by atoms with Crippen LogP contribution in [0.4, 0.5) is 0 Å². The van der Waals surface area contributed by atoms with Crippen molar-refractivity contribution < 1.29 is 19.3 Å². The molecule has 5 heteroatoms. The van der Waals surface area contributed by atoms with Gasteiger partial charge in [-0.1, -0.05) is 0 Å². The SMILES string of the molecule is COCCNCC(C)(O)c1cc(OC)ccc1OC. The Labute approximate surface area is 114 Å². The Balaban J connectivity index is 2.85. The van der Waals surface area contributed by atoms with Gasteiger partial charge in [0.2, 0.25) is 0 Å². The van der Waals surface area contributed by atoms with Gasteiger partial charge in [0.1, 0.15) is 17.1 Å². The molecule has 0 aliphatic carbocycles.